The zero-order valence-electron chi connectivity index (χ0n) is 10.2. The second kappa shape index (κ2) is 4.87. The van der Waals surface area contributed by atoms with Gasteiger partial charge in [-0.3, -0.25) is 0 Å². The molecule has 0 saturated carbocycles. The lowest BCUT2D eigenvalue weighted by Crippen LogP contribution is -2.16. The first-order valence-electron chi connectivity index (χ1n) is 5.42. The van der Waals surface area contributed by atoms with Crippen LogP contribution < -0.4 is 4.74 Å². The van der Waals surface area contributed by atoms with Crippen molar-refractivity contribution < 1.29 is 27.8 Å². The highest BCUT2D eigenvalue weighted by molar-refractivity contribution is 5.70. The van der Waals surface area contributed by atoms with Crippen LogP contribution in [-0.4, -0.2) is 27.3 Å². The molecule has 1 aromatic carbocycles. The minimum atomic E-state index is -4.75. The maximum absolute atomic E-state index is 12.0. The van der Waals surface area contributed by atoms with Gasteiger partial charge in [0.25, 0.3) is 0 Å². The van der Waals surface area contributed by atoms with Gasteiger partial charge in [-0.05, 0) is 37.3 Å². The Morgan fingerprint density at radius 1 is 1.30 bits per heavy atom. The van der Waals surface area contributed by atoms with Gasteiger partial charge in [0, 0.05) is 11.3 Å². The minimum absolute atomic E-state index is 0.350. The lowest BCUT2D eigenvalue weighted by Gasteiger charge is -2.08. The van der Waals surface area contributed by atoms with Crippen molar-refractivity contribution in [2.24, 2.45) is 0 Å². The second-order valence-corrected chi connectivity index (χ2v) is 3.94. The third kappa shape index (κ3) is 3.08. The number of benzene rings is 1. The van der Waals surface area contributed by atoms with Gasteiger partial charge in [0.15, 0.2) is 0 Å². The summed E-state index contributed by atoms with van der Waals surface area (Å²) in [4.78, 5) is 10.8. The zero-order valence-corrected chi connectivity index (χ0v) is 10.2. The van der Waals surface area contributed by atoms with E-state index in [1.54, 1.807) is 6.92 Å². The van der Waals surface area contributed by atoms with E-state index < -0.39 is 12.5 Å². The minimum Gasteiger partial charge on any atom is -0.463 e. The highest BCUT2D eigenvalue weighted by Crippen LogP contribution is 2.26. The van der Waals surface area contributed by atoms with Gasteiger partial charge in [0.05, 0.1) is 5.69 Å². The fraction of sp³-hybridized carbons (Fsp3) is 0.167. The molecule has 8 heteroatoms. The number of hydrogen-bond acceptors (Lipinski definition) is 3. The summed E-state index contributed by atoms with van der Waals surface area (Å²) in [5, 5.41) is 12.7. The van der Waals surface area contributed by atoms with Crippen molar-refractivity contribution in [1.82, 2.24) is 9.78 Å². The summed E-state index contributed by atoms with van der Waals surface area (Å²) in [6, 6.07) is 6.54. The zero-order chi connectivity index (χ0) is 14.9. The number of halogens is 3. The molecule has 0 atom stereocenters. The smallest absolute Gasteiger partial charge is 0.463 e. The number of carbonyl (C=O) groups is 1. The number of aryl methyl sites for hydroxylation is 1. The number of rotatable bonds is 2. The molecule has 0 amide bonds. The Labute approximate surface area is 111 Å². The van der Waals surface area contributed by atoms with Crippen molar-refractivity contribution in [3.8, 4) is 17.0 Å². The summed E-state index contributed by atoms with van der Waals surface area (Å²) in [7, 11) is 0. The predicted octanol–water partition coefficient (Wildman–Crippen LogP) is 3.28. The predicted molar refractivity (Wildman–Crippen MR) is 62.5 cm³/mol. The van der Waals surface area contributed by atoms with Crippen LogP contribution in [0.15, 0.2) is 30.3 Å². The van der Waals surface area contributed by atoms with Crippen LogP contribution in [0, 0.1) is 6.92 Å². The van der Waals surface area contributed by atoms with Gasteiger partial charge in [-0.1, -0.05) is 0 Å². The molecule has 0 unspecified atom stereocenters. The van der Waals surface area contributed by atoms with E-state index in [4.69, 9.17) is 5.11 Å². The van der Waals surface area contributed by atoms with E-state index in [0.29, 0.717) is 17.0 Å². The topological polar surface area (TPSA) is 64.4 Å². The third-order valence-corrected chi connectivity index (χ3v) is 2.45. The Kier molecular flexibility index (Phi) is 3.39. The maximum Gasteiger partial charge on any atom is 0.573 e. The van der Waals surface area contributed by atoms with Gasteiger partial charge in [-0.15, -0.1) is 13.2 Å². The summed E-state index contributed by atoms with van der Waals surface area (Å²) in [6.45, 7) is 1.56. The number of nitrogens with zero attached hydrogens (tertiary/aromatic N) is 2. The third-order valence-electron chi connectivity index (χ3n) is 2.45. The first-order chi connectivity index (χ1) is 9.26. The van der Waals surface area contributed by atoms with Crippen molar-refractivity contribution in [2.75, 3.05) is 0 Å². The van der Waals surface area contributed by atoms with Crippen LogP contribution >= 0.6 is 0 Å². The average molecular weight is 286 g/mol. The molecule has 2 rings (SSSR count). The van der Waals surface area contributed by atoms with E-state index in [1.165, 1.54) is 18.2 Å². The standard InChI is InChI=1S/C12H9F3N2O3/c1-7-6-10(16-17(7)11(18)19)8-2-4-9(5-3-8)20-12(13,14)15/h2-6H,1H3,(H,18,19). The molecule has 1 N–H and O–H groups in total. The van der Waals surface area contributed by atoms with Crippen LogP contribution in [0.3, 0.4) is 0 Å². The van der Waals surface area contributed by atoms with E-state index in [0.717, 1.165) is 16.8 Å². The number of aromatic nitrogens is 2. The first-order valence-corrected chi connectivity index (χ1v) is 5.42. The average Bonchev–Trinajstić information content (AvgIpc) is 2.70. The van der Waals surface area contributed by atoms with E-state index in [1.807, 2.05) is 0 Å². The molecule has 0 aliphatic rings. The van der Waals surface area contributed by atoms with E-state index >= 15 is 0 Å². The van der Waals surface area contributed by atoms with Crippen molar-refractivity contribution >= 4 is 6.09 Å². The molecule has 0 bridgehead atoms. The van der Waals surface area contributed by atoms with Crippen LogP contribution in [0.5, 0.6) is 5.75 Å². The van der Waals surface area contributed by atoms with Gasteiger partial charge < -0.3 is 9.84 Å². The second-order valence-electron chi connectivity index (χ2n) is 3.94. The van der Waals surface area contributed by atoms with E-state index in [-0.39, 0.29) is 5.75 Å². The Balaban J connectivity index is 2.26. The molecule has 0 saturated heterocycles. The number of hydrogen-bond donors (Lipinski definition) is 1. The molecule has 20 heavy (non-hydrogen) atoms. The van der Waals surface area contributed by atoms with Gasteiger partial charge in [0.2, 0.25) is 0 Å². The van der Waals surface area contributed by atoms with Crippen molar-refractivity contribution in [1.29, 1.82) is 0 Å². The van der Waals surface area contributed by atoms with Gasteiger partial charge >= 0.3 is 12.5 Å². The molecule has 106 valence electrons. The summed E-state index contributed by atoms with van der Waals surface area (Å²) in [6.07, 6.45) is -5.98. The Morgan fingerprint density at radius 3 is 2.35 bits per heavy atom. The fourth-order valence-electron chi connectivity index (χ4n) is 1.64. The molecular weight excluding hydrogens is 277 g/mol. The van der Waals surface area contributed by atoms with Crippen LogP contribution in [0.4, 0.5) is 18.0 Å². The number of carboxylic acid groups (broad SMARTS) is 1. The molecule has 0 spiro atoms. The maximum atomic E-state index is 12.0. The summed E-state index contributed by atoms with van der Waals surface area (Å²) < 4.78 is 40.5. The lowest BCUT2D eigenvalue weighted by atomic mass is 10.1. The van der Waals surface area contributed by atoms with Crippen LogP contribution in [-0.2, 0) is 0 Å². The largest absolute Gasteiger partial charge is 0.573 e. The molecule has 5 nitrogen and oxygen atoms in total. The fourth-order valence-corrected chi connectivity index (χ4v) is 1.64. The van der Waals surface area contributed by atoms with Crippen LogP contribution in [0.25, 0.3) is 11.3 Å². The van der Waals surface area contributed by atoms with Crippen LogP contribution in [0.2, 0.25) is 0 Å². The van der Waals surface area contributed by atoms with Crippen molar-refractivity contribution in [3.63, 3.8) is 0 Å². The van der Waals surface area contributed by atoms with Gasteiger partial charge in [-0.2, -0.15) is 9.78 Å². The molecule has 0 aliphatic heterocycles. The van der Waals surface area contributed by atoms with E-state index in [9.17, 15) is 18.0 Å². The highest BCUT2D eigenvalue weighted by atomic mass is 19.4. The summed E-state index contributed by atoms with van der Waals surface area (Å²) >= 11 is 0. The molecule has 0 fully saturated rings. The number of ether oxygens (including phenoxy) is 1. The number of alkyl halides is 3. The normalized spacial score (nSPS) is 11.4. The molecule has 0 radical (unpaired) electrons. The summed E-state index contributed by atoms with van der Waals surface area (Å²) in [5.41, 5.74) is 1.24. The highest BCUT2D eigenvalue weighted by Gasteiger charge is 2.31. The van der Waals surface area contributed by atoms with Gasteiger partial charge in [-0.25, -0.2) is 4.79 Å². The monoisotopic (exact) mass is 286 g/mol. The van der Waals surface area contributed by atoms with Crippen molar-refractivity contribution in [3.05, 3.63) is 36.0 Å². The molecule has 0 aliphatic carbocycles. The Morgan fingerprint density at radius 2 is 1.90 bits per heavy atom. The van der Waals surface area contributed by atoms with Crippen LogP contribution in [0.1, 0.15) is 5.69 Å². The van der Waals surface area contributed by atoms with Crippen molar-refractivity contribution in [2.45, 2.75) is 13.3 Å². The Bertz CT molecular complexity index is 632. The van der Waals surface area contributed by atoms with E-state index in [2.05, 4.69) is 9.84 Å². The molecular formula is C12H9F3N2O3. The molecule has 1 heterocycles. The quantitative estimate of drug-likeness (QED) is 0.920. The Hall–Kier alpha value is -2.51. The molecule has 2 aromatic rings. The lowest BCUT2D eigenvalue weighted by molar-refractivity contribution is -0.274. The SMILES string of the molecule is Cc1cc(-c2ccc(OC(F)(F)F)cc2)nn1C(=O)O. The first kappa shape index (κ1) is 13.9. The van der Waals surface area contributed by atoms with Gasteiger partial charge in [0.1, 0.15) is 5.75 Å². The molecule has 1 aromatic heterocycles. The summed E-state index contributed by atoms with van der Waals surface area (Å²) in [5.74, 6) is -0.351.